The minimum absolute atomic E-state index is 0.151. The Bertz CT molecular complexity index is 1040. The fourth-order valence-electron chi connectivity index (χ4n) is 5.08. The van der Waals surface area contributed by atoms with Crippen LogP contribution in [-0.2, 0) is 19.4 Å². The van der Waals surface area contributed by atoms with Crippen molar-refractivity contribution in [1.82, 2.24) is 14.9 Å². The molecule has 2 amide bonds. The van der Waals surface area contributed by atoms with E-state index < -0.39 is 5.60 Å². The van der Waals surface area contributed by atoms with E-state index >= 15 is 0 Å². The first-order valence-corrected chi connectivity index (χ1v) is 10.6. The summed E-state index contributed by atoms with van der Waals surface area (Å²) in [5.41, 5.74) is 3.31. The molecular formula is C23H26N4O3. The molecule has 7 heteroatoms. The number of rotatable bonds is 5. The molecule has 156 valence electrons. The molecule has 5 rings (SSSR count). The van der Waals surface area contributed by atoms with Gasteiger partial charge >= 0.3 is 0 Å². The molecule has 0 saturated heterocycles. The third-order valence-electron chi connectivity index (χ3n) is 6.45. The molecule has 0 spiro atoms. The molecule has 1 saturated carbocycles. The zero-order valence-corrected chi connectivity index (χ0v) is 17.3. The summed E-state index contributed by atoms with van der Waals surface area (Å²) in [5, 5.41) is 13.6. The number of nitrogens with one attached hydrogen (secondary N) is 1. The number of carbonyl (C=O) groups is 2. The summed E-state index contributed by atoms with van der Waals surface area (Å²) in [4.78, 5) is 36.8. The fourth-order valence-corrected chi connectivity index (χ4v) is 5.08. The van der Waals surface area contributed by atoms with Gasteiger partial charge in [0.15, 0.2) is 0 Å². The Morgan fingerprint density at radius 3 is 2.83 bits per heavy atom. The molecule has 0 radical (unpaired) electrons. The number of aryl methyl sites for hydroxylation is 1. The molecule has 0 aromatic carbocycles. The summed E-state index contributed by atoms with van der Waals surface area (Å²) >= 11 is 0. The second kappa shape index (κ2) is 6.87. The van der Waals surface area contributed by atoms with Gasteiger partial charge in [-0.15, -0.1) is 0 Å². The second-order valence-corrected chi connectivity index (χ2v) is 9.18. The minimum atomic E-state index is -0.993. The van der Waals surface area contributed by atoms with Crippen molar-refractivity contribution in [3.05, 3.63) is 52.6 Å². The SMILES string of the molecule is CC(C)(O)[C@H](C1CC1)N1Cc2cncc(NC(=O)c3ccnc4c3CCC4)c2C1=O. The van der Waals surface area contributed by atoms with Crippen molar-refractivity contribution in [1.29, 1.82) is 0 Å². The first-order chi connectivity index (χ1) is 14.3. The highest BCUT2D eigenvalue weighted by molar-refractivity contribution is 6.11. The molecule has 2 N–H and O–H groups in total. The van der Waals surface area contributed by atoms with Crippen LogP contribution in [0.5, 0.6) is 0 Å². The van der Waals surface area contributed by atoms with Gasteiger partial charge in [-0.3, -0.25) is 19.6 Å². The first kappa shape index (κ1) is 19.2. The van der Waals surface area contributed by atoms with Crippen LogP contribution in [-0.4, -0.2) is 43.4 Å². The topological polar surface area (TPSA) is 95.4 Å². The van der Waals surface area contributed by atoms with Crippen molar-refractivity contribution in [2.45, 2.75) is 64.1 Å². The van der Waals surface area contributed by atoms with E-state index in [4.69, 9.17) is 0 Å². The van der Waals surface area contributed by atoms with E-state index in [1.165, 1.54) is 6.20 Å². The summed E-state index contributed by atoms with van der Waals surface area (Å²) < 4.78 is 0. The maximum absolute atomic E-state index is 13.4. The van der Waals surface area contributed by atoms with E-state index in [1.54, 1.807) is 37.2 Å². The Kier molecular flexibility index (Phi) is 4.39. The van der Waals surface area contributed by atoms with Gasteiger partial charge in [0.1, 0.15) is 0 Å². The molecule has 2 aromatic rings. The summed E-state index contributed by atoms with van der Waals surface area (Å²) in [6, 6.07) is 1.49. The number of hydrogen-bond donors (Lipinski definition) is 2. The van der Waals surface area contributed by atoms with Crippen LogP contribution < -0.4 is 5.32 Å². The Labute approximate surface area is 175 Å². The molecule has 2 aromatic heterocycles. The maximum Gasteiger partial charge on any atom is 0.257 e. The van der Waals surface area contributed by atoms with Crippen molar-refractivity contribution < 1.29 is 14.7 Å². The van der Waals surface area contributed by atoms with Gasteiger partial charge in [-0.05, 0) is 63.5 Å². The molecule has 3 aliphatic rings. The number of hydrogen-bond acceptors (Lipinski definition) is 5. The van der Waals surface area contributed by atoms with Gasteiger partial charge in [0.25, 0.3) is 11.8 Å². The molecular weight excluding hydrogens is 380 g/mol. The predicted molar refractivity (Wildman–Crippen MR) is 111 cm³/mol. The highest BCUT2D eigenvalue weighted by Gasteiger charge is 2.48. The number of carbonyl (C=O) groups excluding carboxylic acids is 2. The van der Waals surface area contributed by atoms with Crippen LogP contribution in [0, 0.1) is 5.92 Å². The predicted octanol–water partition coefficient (Wildman–Crippen LogP) is 2.72. The zero-order valence-electron chi connectivity index (χ0n) is 17.3. The normalized spacial score (nSPS) is 18.9. The molecule has 1 fully saturated rings. The number of nitrogens with zero attached hydrogens (tertiary/aromatic N) is 3. The van der Waals surface area contributed by atoms with Crippen molar-refractivity contribution in [2.75, 3.05) is 5.32 Å². The number of aromatic nitrogens is 2. The largest absolute Gasteiger partial charge is 0.388 e. The molecule has 30 heavy (non-hydrogen) atoms. The summed E-state index contributed by atoms with van der Waals surface area (Å²) in [6.07, 6.45) is 9.67. The summed E-state index contributed by atoms with van der Waals surface area (Å²) in [5.74, 6) is -0.0754. The van der Waals surface area contributed by atoms with Gasteiger partial charge < -0.3 is 15.3 Å². The Hall–Kier alpha value is -2.80. The highest BCUT2D eigenvalue weighted by Crippen LogP contribution is 2.43. The third kappa shape index (κ3) is 3.17. The molecule has 0 unspecified atom stereocenters. The van der Waals surface area contributed by atoms with Crippen LogP contribution in [0.2, 0.25) is 0 Å². The smallest absolute Gasteiger partial charge is 0.257 e. The number of anilines is 1. The van der Waals surface area contributed by atoms with Gasteiger partial charge in [-0.25, -0.2) is 0 Å². The summed E-state index contributed by atoms with van der Waals surface area (Å²) in [7, 11) is 0. The second-order valence-electron chi connectivity index (χ2n) is 9.18. The van der Waals surface area contributed by atoms with Crippen LogP contribution in [0.1, 0.15) is 70.6 Å². The van der Waals surface area contributed by atoms with Crippen molar-refractivity contribution >= 4 is 17.5 Å². The number of pyridine rings is 2. The number of aliphatic hydroxyl groups is 1. The number of fused-ring (bicyclic) bond motifs is 2. The van der Waals surface area contributed by atoms with Crippen molar-refractivity contribution in [3.8, 4) is 0 Å². The lowest BCUT2D eigenvalue weighted by atomic mass is 9.93. The lowest BCUT2D eigenvalue weighted by Crippen LogP contribution is -2.51. The van der Waals surface area contributed by atoms with Gasteiger partial charge in [0.2, 0.25) is 0 Å². The lowest BCUT2D eigenvalue weighted by molar-refractivity contribution is -0.0224. The maximum atomic E-state index is 13.4. The van der Waals surface area contributed by atoms with E-state index in [0.29, 0.717) is 29.3 Å². The van der Waals surface area contributed by atoms with Gasteiger partial charge in [0.05, 0.1) is 29.1 Å². The Balaban J connectivity index is 1.44. The van der Waals surface area contributed by atoms with Gasteiger partial charge in [0, 0.05) is 35.8 Å². The molecule has 1 aliphatic heterocycles. The highest BCUT2D eigenvalue weighted by atomic mass is 16.3. The van der Waals surface area contributed by atoms with Crippen LogP contribution in [0.15, 0.2) is 24.7 Å². The first-order valence-electron chi connectivity index (χ1n) is 10.6. The fraction of sp³-hybridized carbons (Fsp3) is 0.478. The van der Waals surface area contributed by atoms with Crippen LogP contribution in [0.3, 0.4) is 0 Å². The average Bonchev–Trinajstić information content (AvgIpc) is 3.29. The van der Waals surface area contributed by atoms with E-state index in [-0.39, 0.29) is 17.9 Å². The van der Waals surface area contributed by atoms with E-state index in [0.717, 1.165) is 48.9 Å². The molecule has 2 aliphatic carbocycles. The van der Waals surface area contributed by atoms with Gasteiger partial charge in [-0.2, -0.15) is 0 Å². The monoisotopic (exact) mass is 406 g/mol. The Morgan fingerprint density at radius 1 is 1.30 bits per heavy atom. The van der Waals surface area contributed by atoms with E-state index in [9.17, 15) is 14.7 Å². The van der Waals surface area contributed by atoms with E-state index in [1.807, 2.05) is 0 Å². The van der Waals surface area contributed by atoms with Crippen LogP contribution in [0.25, 0.3) is 0 Å². The summed E-state index contributed by atoms with van der Waals surface area (Å²) in [6.45, 7) is 3.93. The molecule has 1 atom stereocenters. The Morgan fingerprint density at radius 2 is 2.10 bits per heavy atom. The minimum Gasteiger partial charge on any atom is -0.388 e. The van der Waals surface area contributed by atoms with Crippen LogP contribution in [0.4, 0.5) is 5.69 Å². The average molecular weight is 406 g/mol. The van der Waals surface area contributed by atoms with Crippen molar-refractivity contribution in [3.63, 3.8) is 0 Å². The molecule has 0 bridgehead atoms. The molecule has 3 heterocycles. The third-order valence-corrected chi connectivity index (χ3v) is 6.45. The zero-order chi connectivity index (χ0) is 21.0. The number of amides is 2. The van der Waals surface area contributed by atoms with Crippen molar-refractivity contribution in [2.24, 2.45) is 5.92 Å². The van der Waals surface area contributed by atoms with Gasteiger partial charge in [-0.1, -0.05) is 0 Å². The van der Waals surface area contributed by atoms with Crippen LogP contribution >= 0.6 is 0 Å². The molecule has 7 nitrogen and oxygen atoms in total. The lowest BCUT2D eigenvalue weighted by Gasteiger charge is -2.37. The van der Waals surface area contributed by atoms with E-state index in [2.05, 4.69) is 15.3 Å². The quantitative estimate of drug-likeness (QED) is 0.796. The standard InChI is InChI=1S/C23H26N4O3/c1-23(2,30)20(13-6-7-13)27-12-14-10-24-11-18(19(14)22(27)29)26-21(28)16-8-9-25-17-5-3-4-15(16)17/h8-11,13,20,30H,3-7,12H2,1-2H3,(H,26,28)/t20-/m0/s1.